The van der Waals surface area contributed by atoms with Crippen LogP contribution >= 0.6 is 15.9 Å². The van der Waals surface area contributed by atoms with Gasteiger partial charge in [0.1, 0.15) is 0 Å². The van der Waals surface area contributed by atoms with Gasteiger partial charge in [-0.05, 0) is 30.7 Å². The Morgan fingerprint density at radius 3 is 2.74 bits per heavy atom. The Morgan fingerprint density at radius 1 is 1.53 bits per heavy atom. The van der Waals surface area contributed by atoms with Crippen molar-refractivity contribution in [3.05, 3.63) is 43.9 Å². The Bertz CT molecular complexity index is 484. The number of hydrogen-bond donors (Lipinski definition) is 1. The summed E-state index contributed by atoms with van der Waals surface area (Å²) in [6.45, 7) is 7.86. The molecular formula is C14H19BrN2O2. The van der Waals surface area contributed by atoms with E-state index < -0.39 is 0 Å². The zero-order chi connectivity index (χ0) is 14.4. The number of nitro groups is 1. The van der Waals surface area contributed by atoms with E-state index in [1.54, 1.807) is 6.07 Å². The third-order valence-corrected chi connectivity index (χ3v) is 3.34. The van der Waals surface area contributed by atoms with Crippen LogP contribution in [0.15, 0.2) is 28.2 Å². The minimum absolute atomic E-state index is 0.129. The molecule has 0 radical (unpaired) electrons. The molecule has 0 fully saturated rings. The zero-order valence-corrected chi connectivity index (χ0v) is 13.0. The normalized spacial score (nSPS) is 11.9. The Morgan fingerprint density at radius 2 is 2.21 bits per heavy atom. The van der Waals surface area contributed by atoms with E-state index in [4.69, 9.17) is 0 Å². The molecule has 0 amide bonds. The molecule has 1 N–H and O–H groups in total. The van der Waals surface area contributed by atoms with Crippen LogP contribution in [0, 0.1) is 16.0 Å². The molecule has 0 atom stereocenters. The number of benzene rings is 1. The maximum Gasteiger partial charge on any atom is 0.277 e. The van der Waals surface area contributed by atoms with Crippen molar-refractivity contribution in [3.8, 4) is 0 Å². The Labute approximate surface area is 122 Å². The molecule has 5 heteroatoms. The van der Waals surface area contributed by atoms with Crippen LogP contribution in [-0.4, -0.2) is 18.0 Å². The van der Waals surface area contributed by atoms with E-state index in [1.807, 2.05) is 19.1 Å². The fourth-order valence-electron chi connectivity index (χ4n) is 1.69. The fourth-order valence-corrected chi connectivity index (χ4v) is 2.04. The number of rotatable bonds is 6. The van der Waals surface area contributed by atoms with Crippen molar-refractivity contribution in [2.75, 3.05) is 13.1 Å². The second-order valence-electron chi connectivity index (χ2n) is 4.61. The zero-order valence-electron chi connectivity index (χ0n) is 11.4. The van der Waals surface area contributed by atoms with Crippen LogP contribution in [-0.2, 0) is 0 Å². The van der Waals surface area contributed by atoms with Gasteiger partial charge in [-0.15, -0.1) is 0 Å². The van der Waals surface area contributed by atoms with Crippen LogP contribution in [0.2, 0.25) is 0 Å². The Kier molecular flexibility index (Phi) is 6.18. The van der Waals surface area contributed by atoms with Gasteiger partial charge in [-0.2, -0.15) is 0 Å². The predicted molar refractivity (Wildman–Crippen MR) is 82.2 cm³/mol. The van der Waals surface area contributed by atoms with Gasteiger partial charge in [0.05, 0.1) is 10.5 Å². The highest BCUT2D eigenvalue weighted by Crippen LogP contribution is 2.26. The van der Waals surface area contributed by atoms with Gasteiger partial charge in [0.15, 0.2) is 0 Å². The van der Waals surface area contributed by atoms with Crippen LogP contribution < -0.4 is 5.32 Å². The van der Waals surface area contributed by atoms with E-state index in [2.05, 4.69) is 35.1 Å². The third kappa shape index (κ3) is 4.76. The molecule has 0 aliphatic rings. The predicted octanol–water partition coefficient (Wildman–Crippen LogP) is 4.01. The summed E-state index contributed by atoms with van der Waals surface area (Å²) in [6.07, 6.45) is 1.91. The van der Waals surface area contributed by atoms with Gasteiger partial charge in [-0.3, -0.25) is 10.1 Å². The lowest BCUT2D eigenvalue weighted by molar-refractivity contribution is -0.385. The van der Waals surface area contributed by atoms with Crippen LogP contribution in [0.5, 0.6) is 0 Å². The first-order chi connectivity index (χ1) is 8.95. The van der Waals surface area contributed by atoms with Crippen LogP contribution in [0.4, 0.5) is 5.69 Å². The highest BCUT2D eigenvalue weighted by molar-refractivity contribution is 9.10. The molecule has 0 saturated carbocycles. The molecule has 19 heavy (non-hydrogen) atoms. The van der Waals surface area contributed by atoms with Crippen LogP contribution in [0.3, 0.4) is 0 Å². The van der Waals surface area contributed by atoms with Crippen molar-refractivity contribution < 1.29 is 4.92 Å². The molecule has 1 aromatic carbocycles. The molecule has 0 aliphatic heterocycles. The summed E-state index contributed by atoms with van der Waals surface area (Å²) >= 11 is 3.26. The second kappa shape index (κ2) is 7.40. The number of nitrogens with zero attached hydrogens (tertiary/aromatic N) is 1. The van der Waals surface area contributed by atoms with Crippen molar-refractivity contribution in [2.24, 2.45) is 5.92 Å². The minimum atomic E-state index is -0.345. The standard InChI is InChI=1S/C14H19BrN2O2/c1-4-16-9-12(10(2)3)7-11-5-6-13(15)8-14(11)17(18)19/h5-8,10,16H,4,9H2,1-3H3/b12-7-. The monoisotopic (exact) mass is 326 g/mol. The van der Waals surface area contributed by atoms with E-state index in [0.29, 0.717) is 16.0 Å². The highest BCUT2D eigenvalue weighted by Gasteiger charge is 2.14. The van der Waals surface area contributed by atoms with E-state index >= 15 is 0 Å². The molecule has 0 saturated heterocycles. The van der Waals surface area contributed by atoms with E-state index in [1.165, 1.54) is 6.07 Å². The Balaban J connectivity index is 3.16. The number of nitrogens with one attached hydrogen (secondary N) is 1. The summed E-state index contributed by atoms with van der Waals surface area (Å²) in [6, 6.07) is 5.14. The van der Waals surface area contributed by atoms with Crippen LogP contribution in [0.1, 0.15) is 26.3 Å². The molecule has 4 nitrogen and oxygen atoms in total. The van der Waals surface area contributed by atoms with Gasteiger partial charge in [0, 0.05) is 17.1 Å². The molecule has 0 bridgehead atoms. The highest BCUT2D eigenvalue weighted by atomic mass is 79.9. The first-order valence-corrected chi connectivity index (χ1v) is 7.10. The summed E-state index contributed by atoms with van der Waals surface area (Å²) in [5.41, 5.74) is 1.94. The quantitative estimate of drug-likeness (QED) is 0.634. The van der Waals surface area contributed by atoms with Crippen molar-refractivity contribution in [1.29, 1.82) is 0 Å². The average molecular weight is 327 g/mol. The number of likely N-dealkylation sites (N-methyl/N-ethyl adjacent to an activating group) is 1. The number of halogens is 1. The van der Waals surface area contributed by atoms with Gasteiger partial charge in [-0.25, -0.2) is 0 Å². The van der Waals surface area contributed by atoms with Crippen molar-refractivity contribution in [2.45, 2.75) is 20.8 Å². The van der Waals surface area contributed by atoms with E-state index in [0.717, 1.165) is 18.7 Å². The van der Waals surface area contributed by atoms with Gasteiger partial charge >= 0.3 is 0 Å². The first-order valence-electron chi connectivity index (χ1n) is 6.30. The van der Waals surface area contributed by atoms with Crippen LogP contribution in [0.25, 0.3) is 6.08 Å². The van der Waals surface area contributed by atoms with Gasteiger partial charge in [0.25, 0.3) is 5.69 Å². The van der Waals surface area contributed by atoms with Gasteiger partial charge in [-0.1, -0.05) is 42.3 Å². The molecule has 0 unspecified atom stereocenters. The topological polar surface area (TPSA) is 55.2 Å². The summed E-state index contributed by atoms with van der Waals surface area (Å²) < 4.78 is 0.717. The maximum atomic E-state index is 11.1. The molecule has 1 rings (SSSR count). The molecule has 0 spiro atoms. The summed E-state index contributed by atoms with van der Waals surface area (Å²) in [7, 11) is 0. The lowest BCUT2D eigenvalue weighted by Gasteiger charge is -2.12. The minimum Gasteiger partial charge on any atom is -0.313 e. The first kappa shape index (κ1) is 15.9. The lowest BCUT2D eigenvalue weighted by atomic mass is 9.99. The molecule has 0 aromatic heterocycles. The maximum absolute atomic E-state index is 11.1. The molecule has 1 aromatic rings. The SMILES string of the molecule is CCNC/C(=C/c1ccc(Br)cc1[N+](=O)[O-])C(C)C. The van der Waals surface area contributed by atoms with Gasteiger partial charge < -0.3 is 5.32 Å². The van der Waals surface area contributed by atoms with Crippen molar-refractivity contribution in [1.82, 2.24) is 5.32 Å². The summed E-state index contributed by atoms with van der Waals surface area (Å²) in [5.74, 6) is 0.349. The fraction of sp³-hybridized carbons (Fsp3) is 0.429. The van der Waals surface area contributed by atoms with Gasteiger partial charge in [0.2, 0.25) is 0 Å². The average Bonchev–Trinajstić information content (AvgIpc) is 2.35. The molecule has 0 heterocycles. The molecular weight excluding hydrogens is 308 g/mol. The number of hydrogen-bond acceptors (Lipinski definition) is 3. The summed E-state index contributed by atoms with van der Waals surface area (Å²) in [4.78, 5) is 10.7. The number of nitro benzene ring substituents is 1. The smallest absolute Gasteiger partial charge is 0.277 e. The van der Waals surface area contributed by atoms with E-state index in [9.17, 15) is 10.1 Å². The molecule has 104 valence electrons. The largest absolute Gasteiger partial charge is 0.313 e. The second-order valence-corrected chi connectivity index (χ2v) is 5.53. The lowest BCUT2D eigenvalue weighted by Crippen LogP contribution is -2.18. The third-order valence-electron chi connectivity index (χ3n) is 2.85. The Hall–Kier alpha value is -1.20. The summed E-state index contributed by atoms with van der Waals surface area (Å²) in [5, 5.41) is 14.3. The molecule has 0 aliphatic carbocycles. The van der Waals surface area contributed by atoms with Crippen molar-refractivity contribution in [3.63, 3.8) is 0 Å². The van der Waals surface area contributed by atoms with Crippen molar-refractivity contribution >= 4 is 27.7 Å². The van der Waals surface area contributed by atoms with E-state index in [-0.39, 0.29) is 10.6 Å².